The number of nitrogens with zero attached hydrogens (tertiary/aromatic N) is 1. The summed E-state index contributed by atoms with van der Waals surface area (Å²) >= 11 is 1.17. The molecule has 3 atom stereocenters. The maximum atomic E-state index is 12.5. The third-order valence-electron chi connectivity index (χ3n) is 5.70. The van der Waals surface area contributed by atoms with Crippen molar-refractivity contribution in [2.45, 2.75) is 75.1 Å². The highest BCUT2D eigenvalue weighted by atomic mass is 32.2. The summed E-state index contributed by atoms with van der Waals surface area (Å²) < 4.78 is 15.3. The number of methoxy groups -OCH3 is 1. The molecule has 2 bridgehead atoms. The average Bonchev–Trinajstić information content (AvgIpc) is 2.98. The number of hydrogen-bond acceptors (Lipinski definition) is 8. The van der Waals surface area contributed by atoms with E-state index in [2.05, 4.69) is 27.2 Å². The highest BCUT2D eigenvalue weighted by molar-refractivity contribution is 7.94. The lowest BCUT2D eigenvalue weighted by molar-refractivity contribution is -0.160. The van der Waals surface area contributed by atoms with E-state index < -0.39 is 23.7 Å². The maximum Gasteiger partial charge on any atom is 0.408 e. The topological polar surface area (TPSA) is 86.3 Å². The highest BCUT2D eigenvalue weighted by Gasteiger charge is 2.45. The summed E-state index contributed by atoms with van der Waals surface area (Å²) in [5, 5.41) is 2.76. The Kier molecular flexibility index (Phi) is 7.72. The van der Waals surface area contributed by atoms with Gasteiger partial charge in [0, 0.05) is 22.7 Å². The Balaban J connectivity index is 1.69. The predicted molar refractivity (Wildman–Crippen MR) is 118 cm³/mol. The number of nitrogens with one attached hydrogen (secondary N) is 1. The van der Waals surface area contributed by atoms with Crippen LogP contribution >= 0.6 is 12.0 Å². The molecule has 0 radical (unpaired) electrons. The number of rotatable bonds is 7. The van der Waals surface area contributed by atoms with Crippen molar-refractivity contribution in [2.75, 3.05) is 19.1 Å². The molecule has 31 heavy (non-hydrogen) atoms. The van der Waals surface area contributed by atoms with E-state index in [1.165, 1.54) is 26.3 Å². The molecule has 9 heteroatoms. The van der Waals surface area contributed by atoms with Crippen LogP contribution in [0.4, 0.5) is 10.5 Å². The Morgan fingerprint density at radius 2 is 1.71 bits per heavy atom. The summed E-state index contributed by atoms with van der Waals surface area (Å²) in [7, 11) is 2.82. The molecule has 2 fully saturated rings. The zero-order valence-electron chi connectivity index (χ0n) is 18.8. The van der Waals surface area contributed by atoms with Crippen molar-refractivity contribution in [3.05, 3.63) is 24.3 Å². The minimum Gasteiger partial charge on any atom is -0.467 e. The summed E-state index contributed by atoms with van der Waals surface area (Å²) in [6.07, 6.45) is 3.13. The molecule has 2 aliphatic heterocycles. The average molecular weight is 453 g/mol. The van der Waals surface area contributed by atoms with Crippen molar-refractivity contribution >= 4 is 29.8 Å². The summed E-state index contributed by atoms with van der Waals surface area (Å²) in [4.78, 5) is 32.9. The third kappa shape index (κ3) is 6.05. The molecule has 1 N–H and O–H groups in total. The van der Waals surface area contributed by atoms with Gasteiger partial charge >= 0.3 is 12.1 Å². The number of benzene rings is 1. The van der Waals surface area contributed by atoms with Crippen molar-refractivity contribution in [1.82, 2.24) is 5.32 Å². The fourth-order valence-electron chi connectivity index (χ4n) is 4.59. The summed E-state index contributed by atoms with van der Waals surface area (Å²) in [5.41, 5.74) is 0.522. The van der Waals surface area contributed by atoms with Gasteiger partial charge in [0.1, 0.15) is 11.6 Å². The van der Waals surface area contributed by atoms with Gasteiger partial charge in [-0.1, -0.05) is 0 Å². The van der Waals surface area contributed by atoms with Gasteiger partial charge in [-0.2, -0.15) is 4.33 Å². The molecular formula is C22H32N2O6S. The van der Waals surface area contributed by atoms with Gasteiger partial charge in [0.05, 0.1) is 26.3 Å². The second-order valence-electron chi connectivity index (χ2n) is 8.98. The monoisotopic (exact) mass is 452 g/mol. The first kappa shape index (κ1) is 23.7. The minimum atomic E-state index is -0.713. The van der Waals surface area contributed by atoms with Gasteiger partial charge in [0.25, 0.3) is 0 Å². The first-order valence-electron chi connectivity index (χ1n) is 10.5. The van der Waals surface area contributed by atoms with Crippen LogP contribution in [0.1, 0.15) is 46.5 Å². The fourth-order valence-corrected chi connectivity index (χ4v) is 4.98. The molecule has 2 aliphatic rings. The van der Waals surface area contributed by atoms with Gasteiger partial charge in [0.2, 0.25) is 0 Å². The smallest absolute Gasteiger partial charge is 0.408 e. The van der Waals surface area contributed by atoms with Crippen LogP contribution in [0.5, 0.6) is 0 Å². The van der Waals surface area contributed by atoms with E-state index in [0.717, 1.165) is 36.3 Å². The Morgan fingerprint density at radius 1 is 1.10 bits per heavy atom. The quantitative estimate of drug-likeness (QED) is 0.287. The van der Waals surface area contributed by atoms with Gasteiger partial charge in [0.15, 0.2) is 0 Å². The molecule has 1 amide bonds. The molecule has 1 aromatic carbocycles. The van der Waals surface area contributed by atoms with Crippen LogP contribution in [0.2, 0.25) is 0 Å². The van der Waals surface area contributed by atoms with Gasteiger partial charge in [-0.25, -0.2) is 14.5 Å². The normalized spacial score (nSPS) is 23.9. The number of esters is 1. The van der Waals surface area contributed by atoms with Crippen LogP contribution in [-0.4, -0.2) is 50.0 Å². The molecule has 2 unspecified atom stereocenters. The summed E-state index contributed by atoms with van der Waals surface area (Å²) in [5.74, 6) is -0.429. The molecule has 2 heterocycles. The maximum absolute atomic E-state index is 12.5. The lowest BCUT2D eigenvalue weighted by atomic mass is 9.84. The molecule has 0 aliphatic carbocycles. The van der Waals surface area contributed by atoms with Crippen molar-refractivity contribution in [2.24, 2.45) is 5.92 Å². The van der Waals surface area contributed by atoms with Crippen molar-refractivity contribution in [1.29, 1.82) is 0 Å². The molecule has 0 saturated carbocycles. The SMILES string of the molecule is COOSc1ccc(N2C3CCC2CC([C@H](NC(=O)OC(C)(C)C)C(=O)OC)C3)cc1. The van der Waals surface area contributed by atoms with E-state index in [9.17, 15) is 9.59 Å². The number of hydrogen-bond donors (Lipinski definition) is 1. The first-order chi connectivity index (χ1) is 14.7. The minimum absolute atomic E-state index is 0.00125. The van der Waals surface area contributed by atoms with Crippen LogP contribution in [-0.2, 0) is 23.5 Å². The van der Waals surface area contributed by atoms with Crippen molar-refractivity contribution in [3.63, 3.8) is 0 Å². The Bertz CT molecular complexity index is 752. The Morgan fingerprint density at radius 3 is 2.23 bits per heavy atom. The predicted octanol–water partition coefficient (Wildman–Crippen LogP) is 4.09. The summed E-state index contributed by atoms with van der Waals surface area (Å²) in [6, 6.07) is 8.09. The van der Waals surface area contributed by atoms with E-state index in [1.54, 1.807) is 20.8 Å². The van der Waals surface area contributed by atoms with Crippen LogP contribution in [0.15, 0.2) is 29.2 Å². The van der Waals surface area contributed by atoms with E-state index >= 15 is 0 Å². The summed E-state index contributed by atoms with van der Waals surface area (Å²) in [6.45, 7) is 5.39. The second kappa shape index (κ2) is 10.1. The number of alkyl carbamates (subject to hydrolysis) is 1. The number of ether oxygens (including phenoxy) is 2. The molecule has 3 rings (SSSR count). The number of piperidine rings is 1. The van der Waals surface area contributed by atoms with E-state index in [-0.39, 0.29) is 5.92 Å². The van der Waals surface area contributed by atoms with Crippen molar-refractivity contribution < 1.29 is 28.3 Å². The van der Waals surface area contributed by atoms with Gasteiger partial charge < -0.3 is 19.7 Å². The van der Waals surface area contributed by atoms with Crippen LogP contribution in [0.3, 0.4) is 0 Å². The van der Waals surface area contributed by atoms with Crippen LogP contribution in [0.25, 0.3) is 0 Å². The lowest BCUT2D eigenvalue weighted by Gasteiger charge is -2.42. The number of carbonyl (C=O) groups is 2. The lowest BCUT2D eigenvalue weighted by Crippen LogP contribution is -2.53. The molecule has 0 spiro atoms. The standard InChI is InChI=1S/C22H32N2O6S/c1-22(2,3)29-21(26)23-19(20(25)27-4)14-12-16-6-7-17(13-14)24(16)15-8-10-18(11-9-15)31-30-28-5/h8-11,14,16-17,19H,6-7,12-13H2,1-5H3,(H,23,26)/t14?,16?,17?,19-/m0/s1. The zero-order valence-corrected chi connectivity index (χ0v) is 19.6. The molecule has 0 aromatic heterocycles. The number of carbonyl (C=O) groups excluding carboxylic acids is 2. The van der Waals surface area contributed by atoms with Gasteiger partial charge in [-0.15, -0.1) is 0 Å². The Hall–Kier alpha value is -1.97. The van der Waals surface area contributed by atoms with E-state index in [4.69, 9.17) is 13.8 Å². The third-order valence-corrected chi connectivity index (χ3v) is 6.37. The van der Waals surface area contributed by atoms with Crippen LogP contribution in [0, 0.1) is 5.92 Å². The largest absolute Gasteiger partial charge is 0.467 e. The molecular weight excluding hydrogens is 420 g/mol. The van der Waals surface area contributed by atoms with E-state index in [1.807, 2.05) is 12.1 Å². The van der Waals surface area contributed by atoms with Crippen LogP contribution < -0.4 is 10.2 Å². The van der Waals surface area contributed by atoms with E-state index in [0.29, 0.717) is 12.1 Å². The number of fused-ring (bicyclic) bond motifs is 2. The number of anilines is 1. The van der Waals surface area contributed by atoms with Gasteiger partial charge in [-0.3, -0.25) is 0 Å². The van der Waals surface area contributed by atoms with Gasteiger partial charge in [-0.05, 0) is 76.6 Å². The Labute approximate surface area is 188 Å². The molecule has 8 nitrogen and oxygen atoms in total. The molecule has 172 valence electrons. The fraction of sp³-hybridized carbons (Fsp3) is 0.636. The second-order valence-corrected chi connectivity index (χ2v) is 9.76. The first-order valence-corrected chi connectivity index (χ1v) is 11.3. The zero-order chi connectivity index (χ0) is 22.6. The number of amides is 1. The molecule has 1 aromatic rings. The molecule has 2 saturated heterocycles. The van der Waals surface area contributed by atoms with Crippen molar-refractivity contribution in [3.8, 4) is 0 Å². The highest BCUT2D eigenvalue weighted by Crippen LogP contribution is 2.43.